The van der Waals surface area contributed by atoms with Crippen LogP contribution in [-0.4, -0.2) is 144 Å². The fraction of sp³-hybridized carbons (Fsp3) is 0.500. The van der Waals surface area contributed by atoms with Gasteiger partial charge < -0.3 is 59.1 Å². The van der Waals surface area contributed by atoms with Crippen molar-refractivity contribution in [1.29, 1.82) is 0 Å². The van der Waals surface area contributed by atoms with Gasteiger partial charge in [-0.3, -0.25) is 14.4 Å². The zero-order valence-electron chi connectivity index (χ0n) is 33.8. The summed E-state index contributed by atoms with van der Waals surface area (Å²) in [5.74, 6) is 1.03. The maximum Gasteiger partial charge on any atom is 0.194 e. The molecule has 0 unspecified atom stereocenters. The summed E-state index contributed by atoms with van der Waals surface area (Å²) in [4.78, 5) is 35.8. The van der Waals surface area contributed by atoms with Gasteiger partial charge in [-0.15, -0.1) is 0 Å². The van der Waals surface area contributed by atoms with E-state index in [0.717, 1.165) is 0 Å². The molecular formula is C42H60O15. The van der Waals surface area contributed by atoms with Crippen LogP contribution in [0.2, 0.25) is 0 Å². The van der Waals surface area contributed by atoms with Gasteiger partial charge in [0.05, 0.1) is 59.5 Å². The van der Waals surface area contributed by atoms with Crippen molar-refractivity contribution in [3.63, 3.8) is 0 Å². The van der Waals surface area contributed by atoms with Gasteiger partial charge in [-0.25, -0.2) is 0 Å². The molecule has 15 heteroatoms. The van der Waals surface area contributed by atoms with E-state index in [1.54, 1.807) is 86.6 Å². The van der Waals surface area contributed by atoms with Crippen molar-refractivity contribution in [2.75, 3.05) is 79.3 Å². The van der Waals surface area contributed by atoms with Crippen LogP contribution in [0.25, 0.3) is 0 Å². The molecule has 318 valence electrons. The van der Waals surface area contributed by atoms with Crippen LogP contribution in [0.5, 0.6) is 17.2 Å². The van der Waals surface area contributed by atoms with Gasteiger partial charge in [0, 0.05) is 16.7 Å². The summed E-state index contributed by atoms with van der Waals surface area (Å²) in [6, 6.07) is 19.8. The average molecular weight is 805 g/mol. The summed E-state index contributed by atoms with van der Waals surface area (Å²) in [7, 11) is 0. The Balaban J connectivity index is 0.000000433. The third kappa shape index (κ3) is 20.6. The lowest BCUT2D eigenvalue weighted by molar-refractivity contribution is -0.0174. The van der Waals surface area contributed by atoms with E-state index in [4.69, 9.17) is 48.8 Å². The van der Waals surface area contributed by atoms with E-state index in [0.29, 0.717) is 73.6 Å². The molecule has 0 atom stereocenters. The molecular weight excluding hydrogens is 744 g/mol. The van der Waals surface area contributed by atoms with Gasteiger partial charge in [0.1, 0.15) is 53.9 Å². The standard InChI is InChI=1S/C16H24O6.C14H20O5.C12H16O4/c1-16(2,22-10-8-18)15(19)13-3-5-14(6-4-13)21-12-11-20-9-7-17;1-14(2,17)13(16)11-3-5-12(6-4-11)19-10-9-18-8-7-15;1-12(2,15)11(14)9-3-5-10(6-4-9)16-8-7-13/h3-6,17-18H,7-12H2,1-2H3;3-6,15,17H,7-10H2,1-2H3;3-6,13,15H,7-8H2,1-2H3. The van der Waals surface area contributed by atoms with E-state index in [1.165, 1.54) is 27.7 Å². The minimum Gasteiger partial charge on any atom is -0.491 e. The Morgan fingerprint density at radius 1 is 0.421 bits per heavy atom. The van der Waals surface area contributed by atoms with E-state index in [9.17, 15) is 24.6 Å². The van der Waals surface area contributed by atoms with Crippen molar-refractivity contribution in [2.45, 2.75) is 58.3 Å². The molecule has 0 aromatic heterocycles. The second-order valence-corrected chi connectivity index (χ2v) is 13.7. The highest BCUT2D eigenvalue weighted by Gasteiger charge is 2.29. The molecule has 0 spiro atoms. The summed E-state index contributed by atoms with van der Waals surface area (Å²) < 4.78 is 31.5. The Kier molecular flexibility index (Phi) is 23.7. The normalized spacial score (nSPS) is 11.4. The van der Waals surface area contributed by atoms with E-state index >= 15 is 0 Å². The van der Waals surface area contributed by atoms with E-state index in [-0.39, 0.29) is 57.0 Å². The molecule has 15 nitrogen and oxygen atoms in total. The van der Waals surface area contributed by atoms with Gasteiger partial charge in [-0.2, -0.15) is 0 Å². The first-order valence-electron chi connectivity index (χ1n) is 18.4. The first-order chi connectivity index (χ1) is 26.9. The number of hydrogen-bond donors (Lipinski definition) is 6. The second kappa shape index (κ2) is 26.6. The number of carbonyl (C=O) groups is 3. The lowest BCUT2D eigenvalue weighted by Gasteiger charge is -2.23. The van der Waals surface area contributed by atoms with Crippen LogP contribution in [0, 0.1) is 0 Å². The zero-order valence-corrected chi connectivity index (χ0v) is 33.8. The maximum atomic E-state index is 12.3. The Bertz CT molecular complexity index is 1560. The fourth-order valence-corrected chi connectivity index (χ4v) is 4.46. The number of rotatable bonds is 24. The number of hydrogen-bond acceptors (Lipinski definition) is 15. The van der Waals surface area contributed by atoms with Crippen molar-refractivity contribution in [2.24, 2.45) is 0 Å². The predicted octanol–water partition coefficient (Wildman–Crippen LogP) is 3.08. The zero-order chi connectivity index (χ0) is 42.9. The number of ether oxygens (including phenoxy) is 6. The summed E-state index contributed by atoms with van der Waals surface area (Å²) >= 11 is 0. The van der Waals surface area contributed by atoms with Gasteiger partial charge in [0.15, 0.2) is 17.3 Å². The van der Waals surface area contributed by atoms with Crippen molar-refractivity contribution < 1.29 is 73.4 Å². The molecule has 0 radical (unpaired) electrons. The van der Waals surface area contributed by atoms with Gasteiger partial charge in [-0.1, -0.05) is 0 Å². The van der Waals surface area contributed by atoms with Crippen molar-refractivity contribution in [3.8, 4) is 17.2 Å². The Labute approximate surface area is 334 Å². The Morgan fingerprint density at radius 3 is 1.02 bits per heavy atom. The summed E-state index contributed by atoms with van der Waals surface area (Å²) in [6.45, 7) is 11.4. The summed E-state index contributed by atoms with van der Waals surface area (Å²) in [6.07, 6.45) is 0. The van der Waals surface area contributed by atoms with E-state index in [1.807, 2.05) is 0 Å². The lowest BCUT2D eigenvalue weighted by atomic mass is 9.96. The van der Waals surface area contributed by atoms with E-state index in [2.05, 4.69) is 0 Å². The van der Waals surface area contributed by atoms with Crippen LogP contribution in [0.15, 0.2) is 72.8 Å². The monoisotopic (exact) mass is 804 g/mol. The van der Waals surface area contributed by atoms with Crippen LogP contribution < -0.4 is 14.2 Å². The number of ketones is 3. The molecule has 0 saturated heterocycles. The molecule has 0 fully saturated rings. The van der Waals surface area contributed by atoms with Crippen molar-refractivity contribution >= 4 is 17.3 Å². The molecule has 57 heavy (non-hydrogen) atoms. The Hall–Kier alpha value is -4.29. The molecule has 0 bridgehead atoms. The molecule has 6 N–H and O–H groups in total. The largest absolute Gasteiger partial charge is 0.491 e. The first kappa shape index (κ1) is 50.7. The quantitative estimate of drug-likeness (QED) is 0.0565. The van der Waals surface area contributed by atoms with Gasteiger partial charge in [0.2, 0.25) is 0 Å². The molecule has 0 saturated carbocycles. The van der Waals surface area contributed by atoms with E-state index < -0.39 is 16.8 Å². The highest BCUT2D eigenvalue weighted by molar-refractivity contribution is 6.03. The predicted molar refractivity (Wildman–Crippen MR) is 211 cm³/mol. The molecule has 3 rings (SSSR count). The number of Topliss-reactive ketones (excluding diaryl/α,β-unsaturated/α-hetero) is 3. The van der Waals surface area contributed by atoms with Crippen molar-refractivity contribution in [1.82, 2.24) is 0 Å². The SMILES string of the molecule is CC(C)(O)C(=O)c1ccc(OCCO)cc1.CC(C)(O)C(=O)c1ccc(OCCOCCO)cc1.CC(C)(OCCO)C(=O)c1ccc(OCCOCCO)cc1. The third-order valence-corrected chi connectivity index (χ3v) is 7.39. The topological polar surface area (TPSA) is 228 Å². The van der Waals surface area contributed by atoms with Crippen LogP contribution in [0.3, 0.4) is 0 Å². The number of aliphatic hydroxyl groups excluding tert-OH is 4. The number of carbonyl (C=O) groups excluding carboxylic acids is 3. The average Bonchev–Trinajstić information content (AvgIpc) is 3.19. The molecule has 3 aromatic carbocycles. The number of benzene rings is 3. The summed E-state index contributed by atoms with van der Waals surface area (Å²) in [5.41, 5.74) is -2.33. The van der Waals surface area contributed by atoms with Gasteiger partial charge in [0.25, 0.3) is 0 Å². The maximum absolute atomic E-state index is 12.3. The smallest absolute Gasteiger partial charge is 0.194 e. The number of aliphatic hydroxyl groups is 6. The molecule has 0 aliphatic heterocycles. The van der Waals surface area contributed by atoms with Crippen molar-refractivity contribution in [3.05, 3.63) is 89.5 Å². The van der Waals surface area contributed by atoms with Crippen LogP contribution in [0.1, 0.15) is 72.6 Å². The minimum atomic E-state index is -1.37. The minimum absolute atomic E-state index is 0.00620. The molecule has 0 aliphatic carbocycles. The van der Waals surface area contributed by atoms with Gasteiger partial charge >= 0.3 is 0 Å². The van der Waals surface area contributed by atoms with Crippen LogP contribution in [-0.2, 0) is 14.2 Å². The highest BCUT2D eigenvalue weighted by atomic mass is 16.5. The molecule has 0 heterocycles. The Morgan fingerprint density at radius 2 is 0.719 bits per heavy atom. The third-order valence-electron chi connectivity index (χ3n) is 7.39. The molecule has 0 amide bonds. The fourth-order valence-electron chi connectivity index (χ4n) is 4.46. The second-order valence-electron chi connectivity index (χ2n) is 13.7. The van der Waals surface area contributed by atoms with Crippen LogP contribution >= 0.6 is 0 Å². The summed E-state index contributed by atoms with van der Waals surface area (Å²) in [5, 5.41) is 53.6. The first-order valence-corrected chi connectivity index (χ1v) is 18.4. The van der Waals surface area contributed by atoms with Crippen LogP contribution in [0.4, 0.5) is 0 Å². The lowest BCUT2D eigenvalue weighted by Crippen LogP contribution is -2.36. The highest BCUT2D eigenvalue weighted by Crippen LogP contribution is 2.21. The molecule has 3 aromatic rings. The van der Waals surface area contributed by atoms with Gasteiger partial charge in [-0.05, 0) is 114 Å². The molecule has 0 aliphatic rings.